The van der Waals surface area contributed by atoms with E-state index >= 15 is 0 Å². The number of likely N-dealkylation sites (N-methyl/N-ethyl adjacent to an activating group) is 1. The van der Waals surface area contributed by atoms with Crippen molar-refractivity contribution < 1.29 is 0 Å². The summed E-state index contributed by atoms with van der Waals surface area (Å²) in [5, 5.41) is 3.75. The number of nitrogens with one attached hydrogen (secondary N) is 1. The quantitative estimate of drug-likeness (QED) is 0.685. The molecule has 0 radical (unpaired) electrons. The van der Waals surface area contributed by atoms with E-state index in [9.17, 15) is 0 Å². The van der Waals surface area contributed by atoms with E-state index in [1.807, 2.05) is 0 Å². The fourth-order valence-corrected chi connectivity index (χ4v) is 3.17. The molecule has 1 rings (SSSR count). The lowest BCUT2D eigenvalue weighted by atomic mass is 9.89. The molecule has 18 heavy (non-hydrogen) atoms. The molecule has 108 valence electrons. The Kier molecular flexibility index (Phi) is 7.20. The molecule has 1 fully saturated rings. The predicted molar refractivity (Wildman–Crippen MR) is 79.8 cm³/mol. The van der Waals surface area contributed by atoms with Gasteiger partial charge in [0.15, 0.2) is 0 Å². The maximum Gasteiger partial charge on any atom is 0.0304 e. The third-order valence-electron chi connectivity index (χ3n) is 4.45. The van der Waals surface area contributed by atoms with Crippen LogP contribution in [0.15, 0.2) is 0 Å². The Balaban J connectivity index is 2.43. The Hall–Kier alpha value is -0.120. The van der Waals surface area contributed by atoms with E-state index in [2.05, 4.69) is 31.2 Å². The van der Waals surface area contributed by atoms with Crippen molar-refractivity contribution in [2.75, 3.05) is 33.7 Å². The Morgan fingerprint density at radius 2 is 2.06 bits per heavy atom. The molecule has 1 aliphatic carbocycles. The van der Waals surface area contributed by atoms with Crippen LogP contribution in [0.25, 0.3) is 0 Å². The first kappa shape index (κ1) is 15.9. The summed E-state index contributed by atoms with van der Waals surface area (Å²) in [6, 6.07) is 0. The largest absolute Gasteiger partial charge is 0.329 e. The highest BCUT2D eigenvalue weighted by Crippen LogP contribution is 2.32. The van der Waals surface area contributed by atoms with Crippen molar-refractivity contribution in [2.24, 2.45) is 11.7 Å². The SMILES string of the molecule is CCCC1CCCC(CN)(NCCN(C)C)CC1. The summed E-state index contributed by atoms with van der Waals surface area (Å²) in [4.78, 5) is 2.23. The van der Waals surface area contributed by atoms with Gasteiger partial charge in [-0.15, -0.1) is 0 Å². The van der Waals surface area contributed by atoms with Gasteiger partial charge in [0, 0.05) is 25.2 Å². The molecule has 0 aliphatic heterocycles. The molecule has 3 heteroatoms. The molecule has 2 unspecified atom stereocenters. The molecule has 3 nitrogen and oxygen atoms in total. The fraction of sp³-hybridized carbons (Fsp3) is 1.00. The van der Waals surface area contributed by atoms with Crippen LogP contribution in [0.5, 0.6) is 0 Å². The highest BCUT2D eigenvalue weighted by atomic mass is 15.1. The highest BCUT2D eigenvalue weighted by molar-refractivity contribution is 4.92. The average Bonchev–Trinajstić information content (AvgIpc) is 2.53. The second-order valence-electron chi connectivity index (χ2n) is 6.30. The van der Waals surface area contributed by atoms with E-state index in [0.29, 0.717) is 0 Å². The van der Waals surface area contributed by atoms with Crippen LogP contribution in [-0.2, 0) is 0 Å². The Labute approximate surface area is 113 Å². The second kappa shape index (κ2) is 8.13. The van der Waals surface area contributed by atoms with Crippen molar-refractivity contribution in [3.05, 3.63) is 0 Å². The van der Waals surface area contributed by atoms with Gasteiger partial charge < -0.3 is 16.0 Å². The lowest BCUT2D eigenvalue weighted by molar-refractivity contribution is 0.271. The first-order valence-electron chi connectivity index (χ1n) is 7.71. The first-order valence-corrected chi connectivity index (χ1v) is 7.71. The van der Waals surface area contributed by atoms with E-state index in [0.717, 1.165) is 25.6 Å². The van der Waals surface area contributed by atoms with Crippen LogP contribution >= 0.6 is 0 Å². The Morgan fingerprint density at radius 1 is 1.28 bits per heavy atom. The molecule has 2 atom stereocenters. The van der Waals surface area contributed by atoms with Crippen LogP contribution in [-0.4, -0.2) is 44.2 Å². The molecule has 1 saturated carbocycles. The molecule has 0 spiro atoms. The van der Waals surface area contributed by atoms with Gasteiger partial charge in [0.25, 0.3) is 0 Å². The lowest BCUT2D eigenvalue weighted by Crippen LogP contribution is -2.52. The zero-order chi connectivity index (χ0) is 13.4. The maximum absolute atomic E-state index is 6.07. The van der Waals surface area contributed by atoms with Crippen molar-refractivity contribution >= 4 is 0 Å². The van der Waals surface area contributed by atoms with Crippen LogP contribution in [0.1, 0.15) is 51.9 Å². The molecule has 0 amide bonds. The number of nitrogens with two attached hydrogens (primary N) is 1. The smallest absolute Gasteiger partial charge is 0.0304 e. The molecule has 0 aromatic carbocycles. The van der Waals surface area contributed by atoms with Crippen molar-refractivity contribution in [2.45, 2.75) is 57.4 Å². The molecule has 3 N–H and O–H groups in total. The summed E-state index contributed by atoms with van der Waals surface area (Å²) in [5.41, 5.74) is 6.29. The van der Waals surface area contributed by atoms with Gasteiger partial charge in [0.05, 0.1) is 0 Å². The van der Waals surface area contributed by atoms with Crippen LogP contribution in [0.3, 0.4) is 0 Å². The van der Waals surface area contributed by atoms with Gasteiger partial charge in [0.2, 0.25) is 0 Å². The fourth-order valence-electron chi connectivity index (χ4n) is 3.17. The van der Waals surface area contributed by atoms with E-state index in [1.54, 1.807) is 0 Å². The monoisotopic (exact) mass is 255 g/mol. The summed E-state index contributed by atoms with van der Waals surface area (Å²) >= 11 is 0. The topological polar surface area (TPSA) is 41.3 Å². The lowest BCUT2D eigenvalue weighted by Gasteiger charge is -2.33. The zero-order valence-electron chi connectivity index (χ0n) is 12.7. The minimum atomic E-state index is 0.221. The number of nitrogens with zero attached hydrogens (tertiary/aromatic N) is 1. The third kappa shape index (κ3) is 5.25. The van der Waals surface area contributed by atoms with Gasteiger partial charge in [-0.25, -0.2) is 0 Å². The standard InChI is InChI=1S/C15H33N3/c1-4-6-14-7-5-9-15(13-16,10-8-14)17-11-12-18(2)3/h14,17H,4-13,16H2,1-3H3. The average molecular weight is 255 g/mol. The third-order valence-corrected chi connectivity index (χ3v) is 4.45. The minimum Gasteiger partial charge on any atom is -0.329 e. The number of hydrogen-bond acceptors (Lipinski definition) is 3. The summed E-state index contributed by atoms with van der Waals surface area (Å²) in [6.45, 7) is 5.25. The van der Waals surface area contributed by atoms with E-state index in [-0.39, 0.29) is 5.54 Å². The van der Waals surface area contributed by atoms with Crippen molar-refractivity contribution in [3.63, 3.8) is 0 Å². The van der Waals surface area contributed by atoms with Crippen molar-refractivity contribution in [1.82, 2.24) is 10.2 Å². The molecular formula is C15H33N3. The number of rotatable bonds is 7. The highest BCUT2D eigenvalue weighted by Gasteiger charge is 2.30. The van der Waals surface area contributed by atoms with E-state index in [4.69, 9.17) is 5.73 Å². The Morgan fingerprint density at radius 3 is 2.67 bits per heavy atom. The summed E-state index contributed by atoms with van der Waals surface area (Å²) in [7, 11) is 4.25. The molecule has 0 aromatic heterocycles. The molecular weight excluding hydrogens is 222 g/mol. The summed E-state index contributed by atoms with van der Waals surface area (Å²) in [6.07, 6.45) is 9.37. The second-order valence-corrected chi connectivity index (χ2v) is 6.30. The van der Waals surface area contributed by atoms with Gasteiger partial charge in [-0.2, -0.15) is 0 Å². The minimum absolute atomic E-state index is 0.221. The molecule has 0 bridgehead atoms. The normalized spacial score (nSPS) is 29.5. The van der Waals surface area contributed by atoms with Crippen molar-refractivity contribution in [3.8, 4) is 0 Å². The van der Waals surface area contributed by atoms with Gasteiger partial charge in [-0.3, -0.25) is 0 Å². The maximum atomic E-state index is 6.07. The van der Waals surface area contributed by atoms with Crippen LogP contribution < -0.4 is 11.1 Å². The van der Waals surface area contributed by atoms with Gasteiger partial charge in [0.1, 0.15) is 0 Å². The summed E-state index contributed by atoms with van der Waals surface area (Å²) in [5.74, 6) is 0.944. The van der Waals surface area contributed by atoms with Crippen LogP contribution in [0.4, 0.5) is 0 Å². The van der Waals surface area contributed by atoms with Gasteiger partial charge >= 0.3 is 0 Å². The van der Waals surface area contributed by atoms with Crippen LogP contribution in [0, 0.1) is 5.92 Å². The zero-order valence-corrected chi connectivity index (χ0v) is 12.7. The van der Waals surface area contributed by atoms with E-state index in [1.165, 1.54) is 44.9 Å². The first-order chi connectivity index (χ1) is 8.62. The molecule has 0 heterocycles. The Bertz CT molecular complexity index is 218. The molecule has 1 aliphatic rings. The van der Waals surface area contributed by atoms with Gasteiger partial charge in [-0.05, 0) is 39.3 Å². The number of hydrogen-bond donors (Lipinski definition) is 2. The van der Waals surface area contributed by atoms with Gasteiger partial charge in [-0.1, -0.05) is 32.6 Å². The molecule has 0 aromatic rings. The van der Waals surface area contributed by atoms with Crippen LogP contribution in [0.2, 0.25) is 0 Å². The predicted octanol–water partition coefficient (Wildman–Crippen LogP) is 2.22. The van der Waals surface area contributed by atoms with Crippen molar-refractivity contribution in [1.29, 1.82) is 0 Å². The van der Waals surface area contributed by atoms with E-state index < -0.39 is 0 Å². The molecule has 0 saturated heterocycles. The summed E-state index contributed by atoms with van der Waals surface area (Å²) < 4.78 is 0.